The highest BCUT2D eigenvalue weighted by molar-refractivity contribution is 7.08. The minimum Gasteiger partial charge on any atom is -0.497 e. The number of aryl methyl sites for hydroxylation is 1. The van der Waals surface area contributed by atoms with E-state index in [1.165, 1.54) is 0 Å². The van der Waals surface area contributed by atoms with Gasteiger partial charge in [-0.25, -0.2) is 0 Å². The van der Waals surface area contributed by atoms with Gasteiger partial charge in [-0.3, -0.25) is 4.79 Å². The van der Waals surface area contributed by atoms with Gasteiger partial charge in [0.05, 0.1) is 19.3 Å². The summed E-state index contributed by atoms with van der Waals surface area (Å²) in [6, 6.07) is 17.3. The predicted molar refractivity (Wildman–Crippen MR) is 94.6 cm³/mol. The molecule has 0 aliphatic rings. The Bertz CT molecular complexity index is 816. The molecule has 1 aromatic heterocycles. The highest BCUT2D eigenvalue weighted by Crippen LogP contribution is 2.24. The standard InChI is InChI=1S/C18H17N3O2S/c1-13-17(24-20-19-13)18(22)21(12-14-6-4-3-5-7-14)15-8-10-16(23-2)11-9-15/h3-11H,12H2,1-2H3. The van der Waals surface area contributed by atoms with Gasteiger partial charge in [-0.2, -0.15) is 0 Å². The van der Waals surface area contributed by atoms with E-state index in [-0.39, 0.29) is 5.91 Å². The quantitative estimate of drug-likeness (QED) is 0.711. The molecule has 0 N–H and O–H groups in total. The van der Waals surface area contributed by atoms with Gasteiger partial charge in [0.1, 0.15) is 10.6 Å². The molecule has 0 saturated carbocycles. The Morgan fingerprint density at radius 2 is 1.83 bits per heavy atom. The van der Waals surface area contributed by atoms with Crippen LogP contribution in [0, 0.1) is 6.92 Å². The second-order valence-electron chi connectivity index (χ2n) is 5.26. The van der Waals surface area contributed by atoms with Gasteiger partial charge in [-0.05, 0) is 48.3 Å². The molecule has 2 aromatic carbocycles. The van der Waals surface area contributed by atoms with Crippen LogP contribution in [-0.2, 0) is 6.54 Å². The fraction of sp³-hybridized carbons (Fsp3) is 0.167. The van der Waals surface area contributed by atoms with Gasteiger partial charge in [-0.15, -0.1) is 5.10 Å². The molecule has 24 heavy (non-hydrogen) atoms. The minimum atomic E-state index is -0.100. The zero-order chi connectivity index (χ0) is 16.9. The van der Waals surface area contributed by atoms with E-state index in [1.807, 2.05) is 54.6 Å². The Hall–Kier alpha value is -2.73. The van der Waals surface area contributed by atoms with E-state index in [1.54, 1.807) is 18.9 Å². The normalized spacial score (nSPS) is 10.4. The molecule has 1 heterocycles. The number of anilines is 1. The van der Waals surface area contributed by atoms with Crippen LogP contribution in [0.2, 0.25) is 0 Å². The van der Waals surface area contributed by atoms with E-state index >= 15 is 0 Å². The number of hydrogen-bond acceptors (Lipinski definition) is 5. The van der Waals surface area contributed by atoms with Crippen LogP contribution in [0.3, 0.4) is 0 Å². The minimum absolute atomic E-state index is 0.100. The van der Waals surface area contributed by atoms with E-state index in [0.29, 0.717) is 17.1 Å². The van der Waals surface area contributed by atoms with Crippen molar-refractivity contribution in [1.82, 2.24) is 9.59 Å². The molecule has 0 aliphatic carbocycles. The lowest BCUT2D eigenvalue weighted by atomic mass is 10.2. The first kappa shape index (κ1) is 16.1. The maximum absolute atomic E-state index is 13.0. The maximum Gasteiger partial charge on any atom is 0.272 e. The van der Waals surface area contributed by atoms with Gasteiger partial charge < -0.3 is 9.64 Å². The van der Waals surface area contributed by atoms with Gasteiger partial charge in [0.2, 0.25) is 0 Å². The predicted octanol–water partition coefficient (Wildman–Crippen LogP) is 3.70. The molecule has 0 saturated heterocycles. The summed E-state index contributed by atoms with van der Waals surface area (Å²) in [4.78, 5) is 15.3. The lowest BCUT2D eigenvalue weighted by Crippen LogP contribution is -2.30. The SMILES string of the molecule is COc1ccc(N(Cc2ccccc2)C(=O)c2snnc2C)cc1. The molecule has 3 aromatic rings. The van der Waals surface area contributed by atoms with Crippen LogP contribution in [0.5, 0.6) is 5.75 Å². The molecule has 0 radical (unpaired) electrons. The zero-order valence-electron chi connectivity index (χ0n) is 13.5. The topological polar surface area (TPSA) is 55.3 Å². The number of carbonyl (C=O) groups is 1. The zero-order valence-corrected chi connectivity index (χ0v) is 14.3. The second kappa shape index (κ2) is 7.23. The third kappa shape index (κ3) is 3.44. The third-order valence-electron chi connectivity index (χ3n) is 3.66. The van der Waals surface area contributed by atoms with Crippen molar-refractivity contribution in [3.63, 3.8) is 0 Å². The Labute approximate surface area is 144 Å². The molecule has 6 heteroatoms. The highest BCUT2D eigenvalue weighted by Gasteiger charge is 2.22. The van der Waals surface area contributed by atoms with E-state index in [4.69, 9.17) is 4.74 Å². The first-order valence-corrected chi connectivity index (χ1v) is 8.25. The summed E-state index contributed by atoms with van der Waals surface area (Å²) in [5.74, 6) is 0.651. The number of rotatable bonds is 5. The van der Waals surface area contributed by atoms with Crippen molar-refractivity contribution in [3.05, 3.63) is 70.7 Å². The monoisotopic (exact) mass is 339 g/mol. The van der Waals surface area contributed by atoms with E-state index in [2.05, 4.69) is 9.59 Å². The summed E-state index contributed by atoms with van der Waals surface area (Å²) in [7, 11) is 1.62. The van der Waals surface area contributed by atoms with Gasteiger partial charge in [0.25, 0.3) is 5.91 Å². The number of nitrogens with zero attached hydrogens (tertiary/aromatic N) is 3. The molecule has 0 aliphatic heterocycles. The Kier molecular flexibility index (Phi) is 4.86. The largest absolute Gasteiger partial charge is 0.497 e. The molecule has 3 rings (SSSR count). The van der Waals surface area contributed by atoms with Crippen LogP contribution in [0.4, 0.5) is 5.69 Å². The van der Waals surface area contributed by atoms with Gasteiger partial charge in [0.15, 0.2) is 0 Å². The summed E-state index contributed by atoms with van der Waals surface area (Å²) < 4.78 is 9.08. The summed E-state index contributed by atoms with van der Waals surface area (Å²) >= 11 is 1.12. The number of ether oxygens (including phenoxy) is 1. The average molecular weight is 339 g/mol. The third-order valence-corrected chi connectivity index (χ3v) is 4.47. The molecule has 0 atom stereocenters. The number of amides is 1. The van der Waals surface area contributed by atoms with Crippen molar-refractivity contribution in [3.8, 4) is 5.75 Å². The fourth-order valence-corrected chi connectivity index (χ4v) is 2.96. The van der Waals surface area contributed by atoms with E-state index in [0.717, 1.165) is 28.5 Å². The molecule has 0 unspecified atom stereocenters. The van der Waals surface area contributed by atoms with Crippen molar-refractivity contribution in [2.45, 2.75) is 13.5 Å². The maximum atomic E-state index is 13.0. The van der Waals surface area contributed by atoms with Crippen molar-refractivity contribution >= 4 is 23.1 Å². The Morgan fingerprint density at radius 1 is 1.12 bits per heavy atom. The Balaban J connectivity index is 1.96. The molecule has 0 bridgehead atoms. The number of aromatic nitrogens is 2. The van der Waals surface area contributed by atoms with Crippen LogP contribution >= 0.6 is 11.5 Å². The van der Waals surface area contributed by atoms with Crippen molar-refractivity contribution in [2.24, 2.45) is 0 Å². The molecule has 5 nitrogen and oxygen atoms in total. The molecule has 0 fully saturated rings. The summed E-state index contributed by atoms with van der Waals surface area (Å²) in [5.41, 5.74) is 2.51. The van der Waals surface area contributed by atoms with Crippen LogP contribution in [0.15, 0.2) is 54.6 Å². The van der Waals surface area contributed by atoms with E-state index in [9.17, 15) is 4.79 Å². The molecule has 1 amide bonds. The van der Waals surface area contributed by atoms with Crippen molar-refractivity contribution < 1.29 is 9.53 Å². The van der Waals surface area contributed by atoms with Crippen molar-refractivity contribution in [1.29, 1.82) is 0 Å². The first-order chi connectivity index (χ1) is 11.7. The average Bonchev–Trinajstić information content (AvgIpc) is 3.06. The van der Waals surface area contributed by atoms with Crippen molar-refractivity contribution in [2.75, 3.05) is 12.0 Å². The highest BCUT2D eigenvalue weighted by atomic mass is 32.1. The molecular formula is C18H17N3O2S. The molecule has 0 spiro atoms. The second-order valence-corrected chi connectivity index (χ2v) is 6.02. The molecular weight excluding hydrogens is 322 g/mol. The lowest BCUT2D eigenvalue weighted by molar-refractivity contribution is 0.0988. The smallest absolute Gasteiger partial charge is 0.272 e. The number of hydrogen-bond donors (Lipinski definition) is 0. The fourth-order valence-electron chi connectivity index (χ4n) is 2.36. The van der Waals surface area contributed by atoms with Crippen LogP contribution in [-0.4, -0.2) is 22.6 Å². The number of benzene rings is 2. The van der Waals surface area contributed by atoms with Gasteiger partial charge in [-0.1, -0.05) is 34.8 Å². The van der Waals surface area contributed by atoms with Gasteiger partial charge in [0, 0.05) is 5.69 Å². The lowest BCUT2D eigenvalue weighted by Gasteiger charge is -2.22. The number of carbonyl (C=O) groups excluding carboxylic acids is 1. The van der Waals surface area contributed by atoms with Crippen LogP contribution in [0.25, 0.3) is 0 Å². The van der Waals surface area contributed by atoms with Crippen LogP contribution in [0.1, 0.15) is 20.9 Å². The summed E-state index contributed by atoms with van der Waals surface area (Å²) in [5, 5.41) is 3.95. The summed E-state index contributed by atoms with van der Waals surface area (Å²) in [6.45, 7) is 2.27. The Morgan fingerprint density at radius 3 is 2.42 bits per heavy atom. The van der Waals surface area contributed by atoms with Crippen LogP contribution < -0.4 is 9.64 Å². The molecule has 122 valence electrons. The first-order valence-electron chi connectivity index (χ1n) is 7.48. The van der Waals surface area contributed by atoms with Gasteiger partial charge >= 0.3 is 0 Å². The number of methoxy groups -OCH3 is 1. The van der Waals surface area contributed by atoms with E-state index < -0.39 is 0 Å². The summed E-state index contributed by atoms with van der Waals surface area (Å²) in [6.07, 6.45) is 0.